The molecular formula is C25H27BrN2O2S. The fourth-order valence-corrected chi connectivity index (χ4v) is 5.56. The normalized spacial score (nSPS) is 14.4. The lowest BCUT2D eigenvalue weighted by molar-refractivity contribution is -0.122. The predicted octanol–water partition coefficient (Wildman–Crippen LogP) is 7.39. The van der Waals surface area contributed by atoms with E-state index in [4.69, 9.17) is 9.72 Å². The van der Waals surface area contributed by atoms with Crippen LogP contribution in [0.4, 0.5) is 10.8 Å². The highest BCUT2D eigenvalue weighted by Crippen LogP contribution is 2.39. The van der Waals surface area contributed by atoms with Crippen molar-refractivity contribution < 1.29 is 9.53 Å². The summed E-state index contributed by atoms with van der Waals surface area (Å²) in [5, 5.41) is 0.747. The number of benzene rings is 2. The molecule has 0 radical (unpaired) electrons. The summed E-state index contributed by atoms with van der Waals surface area (Å²) >= 11 is 5.18. The van der Waals surface area contributed by atoms with E-state index in [1.54, 1.807) is 18.4 Å². The number of halogens is 1. The van der Waals surface area contributed by atoms with Gasteiger partial charge < -0.3 is 4.74 Å². The molecule has 6 heteroatoms. The summed E-state index contributed by atoms with van der Waals surface area (Å²) in [7, 11) is 1.67. The van der Waals surface area contributed by atoms with Crippen LogP contribution in [0.1, 0.15) is 43.9 Å². The maximum atomic E-state index is 13.7. The van der Waals surface area contributed by atoms with Gasteiger partial charge in [-0.2, -0.15) is 0 Å². The number of thiazole rings is 1. The first-order valence-electron chi connectivity index (χ1n) is 10.8. The Morgan fingerprint density at radius 1 is 1.16 bits per heavy atom. The Morgan fingerprint density at radius 3 is 2.55 bits per heavy atom. The first kappa shape index (κ1) is 22.0. The molecule has 1 aromatic heterocycles. The number of anilines is 2. The summed E-state index contributed by atoms with van der Waals surface area (Å²) < 4.78 is 6.25. The summed E-state index contributed by atoms with van der Waals surface area (Å²) in [6, 6.07) is 15.9. The number of nitrogens with zero attached hydrogens (tertiary/aromatic N) is 2. The van der Waals surface area contributed by atoms with Crippen LogP contribution < -0.4 is 9.64 Å². The van der Waals surface area contributed by atoms with Crippen LogP contribution in [-0.4, -0.2) is 18.0 Å². The van der Waals surface area contributed by atoms with Crippen LogP contribution in [0.5, 0.6) is 5.75 Å². The van der Waals surface area contributed by atoms with Crippen LogP contribution in [0.25, 0.3) is 11.3 Å². The molecule has 1 aliphatic carbocycles. The first-order valence-corrected chi connectivity index (χ1v) is 12.4. The highest BCUT2D eigenvalue weighted by molar-refractivity contribution is 9.10. The van der Waals surface area contributed by atoms with Crippen LogP contribution in [0, 0.1) is 5.92 Å². The molecule has 3 aromatic rings. The van der Waals surface area contributed by atoms with Gasteiger partial charge in [-0.1, -0.05) is 48.2 Å². The minimum absolute atomic E-state index is 0.0612. The van der Waals surface area contributed by atoms with Gasteiger partial charge in [-0.25, -0.2) is 4.98 Å². The molecule has 0 spiro atoms. The summed E-state index contributed by atoms with van der Waals surface area (Å²) in [4.78, 5) is 21.7. The van der Waals surface area contributed by atoms with E-state index in [1.165, 1.54) is 11.3 Å². The number of hydrogen-bond donors (Lipinski definition) is 0. The molecule has 0 atom stereocenters. The number of aromatic nitrogens is 1. The molecule has 0 aliphatic heterocycles. The van der Waals surface area contributed by atoms with Gasteiger partial charge in [0.1, 0.15) is 5.75 Å². The average Bonchev–Trinajstić information content (AvgIpc) is 3.24. The van der Waals surface area contributed by atoms with Gasteiger partial charge in [0.2, 0.25) is 5.91 Å². The van der Waals surface area contributed by atoms with Crippen LogP contribution in [0.15, 0.2) is 53.0 Å². The highest BCUT2D eigenvalue weighted by atomic mass is 79.9. The van der Waals surface area contributed by atoms with E-state index < -0.39 is 0 Å². The molecular weight excluding hydrogens is 472 g/mol. The quantitative estimate of drug-likeness (QED) is 0.355. The molecule has 2 aromatic carbocycles. The minimum Gasteiger partial charge on any atom is -0.497 e. The zero-order valence-corrected chi connectivity index (χ0v) is 20.3. The Balaban J connectivity index is 1.77. The van der Waals surface area contributed by atoms with Gasteiger partial charge in [0.25, 0.3) is 0 Å². The molecule has 0 N–H and O–H groups in total. The number of amides is 1. The molecule has 0 saturated heterocycles. The summed E-state index contributed by atoms with van der Waals surface area (Å²) in [6.07, 6.45) is 6.25. The van der Waals surface area contributed by atoms with Crippen LogP contribution in [0.2, 0.25) is 0 Å². The Bertz CT molecular complexity index is 1040. The zero-order chi connectivity index (χ0) is 21.8. The van der Waals surface area contributed by atoms with Gasteiger partial charge in [0.15, 0.2) is 5.13 Å². The summed E-state index contributed by atoms with van der Waals surface area (Å²) in [5.74, 6) is 1.04. The van der Waals surface area contributed by atoms with Crippen molar-refractivity contribution in [2.24, 2.45) is 5.92 Å². The number of carbonyl (C=O) groups excluding carboxylic acids is 1. The van der Waals surface area contributed by atoms with E-state index in [9.17, 15) is 4.79 Å². The van der Waals surface area contributed by atoms with Crippen molar-refractivity contribution >= 4 is 44.0 Å². The van der Waals surface area contributed by atoms with E-state index in [0.29, 0.717) is 0 Å². The molecule has 1 aliphatic rings. The largest absolute Gasteiger partial charge is 0.497 e. The van der Waals surface area contributed by atoms with Crippen molar-refractivity contribution in [2.75, 3.05) is 12.0 Å². The van der Waals surface area contributed by atoms with Gasteiger partial charge in [-0.05, 0) is 61.7 Å². The number of rotatable bonds is 6. The fraction of sp³-hybridized carbons (Fsp3) is 0.360. The maximum absolute atomic E-state index is 13.7. The second-order valence-corrected chi connectivity index (χ2v) is 9.82. The van der Waals surface area contributed by atoms with Crippen LogP contribution in [-0.2, 0) is 11.2 Å². The van der Waals surface area contributed by atoms with E-state index in [2.05, 4.69) is 22.9 Å². The molecule has 162 valence electrons. The Labute approximate surface area is 196 Å². The molecule has 4 nitrogen and oxygen atoms in total. The van der Waals surface area contributed by atoms with E-state index in [-0.39, 0.29) is 11.8 Å². The third kappa shape index (κ3) is 4.85. The number of ether oxygens (including phenoxy) is 1. The maximum Gasteiger partial charge on any atom is 0.236 e. The minimum atomic E-state index is 0.0612. The first-order chi connectivity index (χ1) is 15.1. The van der Waals surface area contributed by atoms with Gasteiger partial charge in [-0.15, -0.1) is 11.3 Å². The van der Waals surface area contributed by atoms with Crippen LogP contribution in [0.3, 0.4) is 0 Å². The third-order valence-electron chi connectivity index (χ3n) is 5.80. The number of hydrogen-bond acceptors (Lipinski definition) is 4. The van der Waals surface area contributed by atoms with Crippen molar-refractivity contribution in [2.45, 2.75) is 45.4 Å². The number of aryl methyl sites for hydroxylation is 1. The van der Waals surface area contributed by atoms with Gasteiger partial charge in [0, 0.05) is 20.8 Å². The molecule has 1 fully saturated rings. The zero-order valence-electron chi connectivity index (χ0n) is 17.9. The summed E-state index contributed by atoms with van der Waals surface area (Å²) in [6.45, 7) is 2.14. The van der Waals surface area contributed by atoms with E-state index >= 15 is 0 Å². The van der Waals surface area contributed by atoms with Crippen molar-refractivity contribution in [3.05, 3.63) is 57.9 Å². The lowest BCUT2D eigenvalue weighted by atomic mass is 9.88. The van der Waals surface area contributed by atoms with Crippen molar-refractivity contribution in [1.29, 1.82) is 0 Å². The lowest BCUT2D eigenvalue weighted by Crippen LogP contribution is -2.33. The monoisotopic (exact) mass is 498 g/mol. The second-order valence-electron chi connectivity index (χ2n) is 7.84. The summed E-state index contributed by atoms with van der Waals surface area (Å²) in [5.41, 5.74) is 2.85. The van der Waals surface area contributed by atoms with Crippen molar-refractivity contribution in [3.8, 4) is 17.0 Å². The van der Waals surface area contributed by atoms with Crippen LogP contribution >= 0.6 is 27.3 Å². The number of methoxy groups -OCH3 is 1. The Kier molecular flexibility index (Phi) is 7.08. The lowest BCUT2D eigenvalue weighted by Gasteiger charge is -2.28. The number of carbonyl (C=O) groups is 1. The molecule has 1 heterocycles. The Hall–Kier alpha value is -2.18. The SMILES string of the molecule is CCc1sc(N(C(=O)C2CCCCC2)c2cccc(Br)c2)nc1-c1ccc(OC)cc1. The van der Waals surface area contributed by atoms with Crippen molar-refractivity contribution in [1.82, 2.24) is 4.98 Å². The topological polar surface area (TPSA) is 42.4 Å². The van der Waals surface area contributed by atoms with E-state index in [0.717, 1.165) is 64.4 Å². The molecule has 0 unspecified atom stereocenters. The second kappa shape index (κ2) is 9.96. The standard InChI is InChI=1S/C25H27BrN2O2S/c1-3-22-23(17-12-14-21(30-2)15-13-17)27-25(31-22)28(20-11-7-10-19(26)16-20)24(29)18-8-5-4-6-9-18/h7,10-16,18H,3-6,8-9H2,1-2H3. The smallest absolute Gasteiger partial charge is 0.236 e. The van der Waals surface area contributed by atoms with E-state index in [1.807, 2.05) is 53.4 Å². The molecule has 4 rings (SSSR count). The molecule has 0 bridgehead atoms. The van der Waals surface area contributed by atoms with Gasteiger partial charge in [-0.3, -0.25) is 9.69 Å². The Morgan fingerprint density at radius 2 is 1.90 bits per heavy atom. The molecule has 1 amide bonds. The average molecular weight is 499 g/mol. The molecule has 31 heavy (non-hydrogen) atoms. The highest BCUT2D eigenvalue weighted by Gasteiger charge is 2.30. The van der Waals surface area contributed by atoms with Gasteiger partial charge >= 0.3 is 0 Å². The fourth-order valence-electron chi connectivity index (χ4n) is 4.13. The van der Waals surface area contributed by atoms with Crippen molar-refractivity contribution in [3.63, 3.8) is 0 Å². The third-order valence-corrected chi connectivity index (χ3v) is 7.48. The predicted molar refractivity (Wildman–Crippen MR) is 131 cm³/mol. The van der Waals surface area contributed by atoms with Gasteiger partial charge in [0.05, 0.1) is 18.5 Å². The molecule has 1 saturated carbocycles.